The number of hydrogen-bond donors (Lipinski definition) is 10. The van der Waals surface area contributed by atoms with Crippen molar-refractivity contribution in [3.05, 3.63) is 0 Å². The fourth-order valence-electron chi connectivity index (χ4n) is 4.78. The average molecular weight is 466 g/mol. The molecule has 14 heteroatoms. The van der Waals surface area contributed by atoms with Crippen molar-refractivity contribution in [3.63, 3.8) is 0 Å². The molecule has 3 saturated heterocycles. The summed E-state index contributed by atoms with van der Waals surface area (Å²) in [7, 11) is 0. The first-order valence-electron chi connectivity index (χ1n) is 10.9. The number of aliphatic hydroxyl groups excluding tert-OH is 5. The number of nitrogens with two attached hydrogens (primary N) is 4. The van der Waals surface area contributed by atoms with Crippen LogP contribution in [0.5, 0.6) is 0 Å². The van der Waals surface area contributed by atoms with E-state index in [1.807, 2.05) is 0 Å². The molecule has 15 atom stereocenters. The molecule has 3 heterocycles. The van der Waals surface area contributed by atoms with Gasteiger partial charge in [-0.05, 0) is 6.42 Å². The van der Waals surface area contributed by atoms with Gasteiger partial charge >= 0.3 is 0 Å². The fraction of sp³-hybridized carbons (Fsp3) is 1.00. The van der Waals surface area contributed by atoms with Gasteiger partial charge in [-0.1, -0.05) is 0 Å². The zero-order chi connectivity index (χ0) is 23.3. The Morgan fingerprint density at radius 2 is 1.38 bits per heavy atom. The molecular weight excluding hydrogens is 430 g/mol. The molecule has 15 unspecified atom stereocenters. The van der Waals surface area contributed by atoms with E-state index in [0.29, 0.717) is 0 Å². The van der Waals surface area contributed by atoms with Crippen molar-refractivity contribution in [1.29, 1.82) is 0 Å². The first kappa shape index (κ1) is 24.6. The van der Waals surface area contributed by atoms with Crippen LogP contribution in [0, 0.1) is 0 Å². The molecule has 0 radical (unpaired) electrons. The third-order valence-electron chi connectivity index (χ3n) is 6.82. The number of hydrogen-bond acceptors (Lipinski definition) is 14. The third-order valence-corrected chi connectivity index (χ3v) is 6.82. The Labute approximate surface area is 184 Å². The van der Waals surface area contributed by atoms with Crippen LogP contribution in [0.15, 0.2) is 0 Å². The van der Waals surface area contributed by atoms with Gasteiger partial charge in [-0.2, -0.15) is 0 Å². The molecule has 32 heavy (non-hydrogen) atoms. The molecule has 14 nitrogen and oxygen atoms in total. The maximum absolute atomic E-state index is 11.0. The van der Waals surface area contributed by atoms with Crippen molar-refractivity contribution in [1.82, 2.24) is 5.32 Å². The molecule has 14 N–H and O–H groups in total. The van der Waals surface area contributed by atoms with Gasteiger partial charge in [-0.3, -0.25) is 0 Å². The fourth-order valence-corrected chi connectivity index (χ4v) is 4.78. The van der Waals surface area contributed by atoms with E-state index in [-0.39, 0.29) is 25.0 Å². The van der Waals surface area contributed by atoms with E-state index in [0.717, 1.165) is 0 Å². The molecule has 186 valence electrons. The van der Waals surface area contributed by atoms with E-state index in [1.54, 1.807) is 0 Å². The van der Waals surface area contributed by atoms with E-state index in [4.69, 9.17) is 41.9 Å². The predicted molar refractivity (Wildman–Crippen MR) is 106 cm³/mol. The largest absolute Gasteiger partial charge is 0.394 e. The van der Waals surface area contributed by atoms with Crippen LogP contribution in [0.3, 0.4) is 0 Å². The molecule has 0 aromatic rings. The van der Waals surface area contributed by atoms with E-state index in [1.165, 1.54) is 0 Å². The lowest BCUT2D eigenvalue weighted by molar-refractivity contribution is -0.300. The average Bonchev–Trinajstić information content (AvgIpc) is 3.57. The van der Waals surface area contributed by atoms with Gasteiger partial charge in [-0.25, -0.2) is 0 Å². The molecule has 0 bridgehead atoms. The molecular formula is C18H35N5O9. The predicted octanol–water partition coefficient (Wildman–Crippen LogP) is -6.67. The SMILES string of the molecule is NCC1OC(OC2C(N)CC(N)C(OC3OC(CO)C(O)C4NC34)C2O)C(N)C(O)C1O. The van der Waals surface area contributed by atoms with E-state index in [2.05, 4.69) is 5.32 Å². The van der Waals surface area contributed by atoms with Crippen molar-refractivity contribution < 1.29 is 44.5 Å². The van der Waals surface area contributed by atoms with E-state index in [9.17, 15) is 25.5 Å². The minimum Gasteiger partial charge on any atom is -0.394 e. The second-order valence-electron chi connectivity index (χ2n) is 9.03. The quantitative estimate of drug-likeness (QED) is 0.163. The van der Waals surface area contributed by atoms with Gasteiger partial charge < -0.3 is 72.7 Å². The molecule has 4 aliphatic rings. The molecule has 0 spiro atoms. The van der Waals surface area contributed by atoms with Crippen molar-refractivity contribution in [3.8, 4) is 0 Å². The maximum Gasteiger partial charge on any atom is 0.176 e. The second-order valence-corrected chi connectivity index (χ2v) is 9.03. The highest BCUT2D eigenvalue weighted by atomic mass is 16.7. The lowest BCUT2D eigenvalue weighted by Gasteiger charge is -2.47. The summed E-state index contributed by atoms with van der Waals surface area (Å²) in [5, 5.41) is 53.8. The van der Waals surface area contributed by atoms with Crippen molar-refractivity contribution in [2.75, 3.05) is 13.2 Å². The first-order chi connectivity index (χ1) is 15.2. The Bertz CT molecular complexity index is 650. The highest BCUT2D eigenvalue weighted by molar-refractivity contribution is 5.11. The van der Waals surface area contributed by atoms with Gasteiger partial charge in [0.2, 0.25) is 0 Å². The van der Waals surface area contributed by atoms with Crippen molar-refractivity contribution in [2.45, 2.75) is 98.0 Å². The van der Waals surface area contributed by atoms with Crippen LogP contribution in [0.4, 0.5) is 0 Å². The lowest BCUT2D eigenvalue weighted by atomic mass is 9.84. The van der Waals surface area contributed by atoms with E-state index < -0.39 is 86.1 Å². The van der Waals surface area contributed by atoms with Crippen molar-refractivity contribution in [2.24, 2.45) is 22.9 Å². The summed E-state index contributed by atoms with van der Waals surface area (Å²) >= 11 is 0. The summed E-state index contributed by atoms with van der Waals surface area (Å²) in [5.41, 5.74) is 23.9. The number of nitrogens with one attached hydrogen (secondary N) is 1. The molecule has 4 rings (SSSR count). The summed E-state index contributed by atoms with van der Waals surface area (Å²) in [6.07, 6.45) is -10.3. The van der Waals surface area contributed by atoms with Gasteiger partial charge in [0, 0.05) is 18.6 Å². The van der Waals surface area contributed by atoms with Gasteiger partial charge in [0.05, 0.1) is 30.8 Å². The first-order valence-corrected chi connectivity index (χ1v) is 10.9. The van der Waals surface area contributed by atoms with Crippen LogP contribution in [0.2, 0.25) is 0 Å². The van der Waals surface area contributed by atoms with Crippen LogP contribution >= 0.6 is 0 Å². The lowest BCUT2D eigenvalue weighted by Crippen LogP contribution is -2.68. The molecule has 3 aliphatic heterocycles. The van der Waals surface area contributed by atoms with E-state index >= 15 is 0 Å². The van der Waals surface area contributed by atoms with Crippen LogP contribution in [-0.4, -0.2) is 130 Å². The summed E-state index contributed by atoms with van der Waals surface area (Å²) in [4.78, 5) is 0. The molecule has 4 fully saturated rings. The summed E-state index contributed by atoms with van der Waals surface area (Å²) in [5.74, 6) is 0. The normalized spacial score (nSPS) is 56.0. The minimum atomic E-state index is -1.34. The van der Waals surface area contributed by atoms with Crippen LogP contribution in [0.1, 0.15) is 6.42 Å². The molecule has 0 aromatic carbocycles. The topological polar surface area (TPSA) is 264 Å². The van der Waals surface area contributed by atoms with Gasteiger partial charge in [0.25, 0.3) is 0 Å². The zero-order valence-corrected chi connectivity index (χ0v) is 17.5. The molecule has 0 aromatic heterocycles. The van der Waals surface area contributed by atoms with Crippen LogP contribution in [-0.2, 0) is 18.9 Å². The standard InChI is InChI=1S/C18H35N5O9/c19-2-6-12(26)13(27)8(22)17(29-6)31-15-4(20)1-5(21)16(14(15)28)32-18-10-9(23-10)11(25)7(3-24)30-18/h4-18,23-28H,1-3,19-22H2. The highest BCUT2D eigenvalue weighted by Crippen LogP contribution is 2.34. The van der Waals surface area contributed by atoms with Gasteiger partial charge in [0.1, 0.15) is 42.7 Å². The monoisotopic (exact) mass is 465 g/mol. The Kier molecular flexibility index (Phi) is 7.36. The molecule has 1 saturated carbocycles. The summed E-state index contributed by atoms with van der Waals surface area (Å²) < 4.78 is 23.1. The zero-order valence-electron chi connectivity index (χ0n) is 17.5. The maximum atomic E-state index is 11.0. The summed E-state index contributed by atoms with van der Waals surface area (Å²) in [6.45, 7) is -0.470. The highest BCUT2D eigenvalue weighted by Gasteiger charge is 2.57. The second kappa shape index (κ2) is 9.59. The number of fused-ring (bicyclic) bond motifs is 1. The van der Waals surface area contributed by atoms with Gasteiger partial charge in [-0.15, -0.1) is 0 Å². The minimum absolute atomic E-state index is 0.0763. The van der Waals surface area contributed by atoms with Gasteiger partial charge in [0.15, 0.2) is 12.6 Å². The number of ether oxygens (including phenoxy) is 4. The van der Waals surface area contributed by atoms with Crippen molar-refractivity contribution >= 4 is 0 Å². The smallest absolute Gasteiger partial charge is 0.176 e. The summed E-state index contributed by atoms with van der Waals surface area (Å²) in [6, 6.07) is -3.04. The number of aliphatic hydroxyl groups is 5. The number of rotatable bonds is 6. The molecule has 0 amide bonds. The van der Waals surface area contributed by atoms with Crippen LogP contribution in [0.25, 0.3) is 0 Å². The Balaban J connectivity index is 1.44. The Morgan fingerprint density at radius 3 is 1.97 bits per heavy atom. The Morgan fingerprint density at radius 1 is 0.781 bits per heavy atom. The third kappa shape index (κ3) is 4.42. The Hall–Kier alpha value is -0.560. The molecule has 1 aliphatic carbocycles. The van der Waals surface area contributed by atoms with Crippen LogP contribution < -0.4 is 28.3 Å².